The first kappa shape index (κ1) is 30.3. The van der Waals surface area contributed by atoms with Crippen LogP contribution in [0.25, 0.3) is 11.1 Å². The van der Waals surface area contributed by atoms with Crippen molar-refractivity contribution in [2.75, 3.05) is 13.7 Å². The highest BCUT2D eigenvalue weighted by molar-refractivity contribution is 5.95. The molecule has 2 aliphatic rings. The van der Waals surface area contributed by atoms with Gasteiger partial charge in [0.2, 0.25) is 0 Å². The van der Waals surface area contributed by atoms with Crippen molar-refractivity contribution < 1.29 is 54.2 Å². The number of nitrogens with zero attached hydrogens (tertiary/aromatic N) is 1. The van der Waals surface area contributed by atoms with Gasteiger partial charge < -0.3 is 14.4 Å². The zero-order valence-electron chi connectivity index (χ0n) is 22.7. The lowest BCUT2D eigenvalue weighted by molar-refractivity contribution is -0.144. The number of carbonyl (C=O) groups is 2. The smallest absolute Gasteiger partial charge is 0.417 e. The van der Waals surface area contributed by atoms with Crippen LogP contribution in [0.1, 0.15) is 55.7 Å². The van der Waals surface area contributed by atoms with E-state index in [-0.39, 0.29) is 35.5 Å². The van der Waals surface area contributed by atoms with E-state index < -0.39 is 94.3 Å². The summed E-state index contributed by atoms with van der Waals surface area (Å²) in [5, 5.41) is 0. The van der Waals surface area contributed by atoms with Crippen molar-refractivity contribution in [3.8, 4) is 16.9 Å². The molecule has 3 aromatic rings. The summed E-state index contributed by atoms with van der Waals surface area (Å²) >= 11 is 0. The molecule has 0 atom stereocenters. The average Bonchev–Trinajstić information content (AvgIpc) is 3.36. The Morgan fingerprint density at radius 3 is 2.21 bits per heavy atom. The molecule has 2 heterocycles. The molecule has 3 aromatic carbocycles. The second kappa shape index (κ2) is 10.8. The molecule has 0 saturated carbocycles. The Labute approximate surface area is 240 Å². The molecule has 0 bridgehead atoms. The van der Waals surface area contributed by atoms with Gasteiger partial charge in [0.15, 0.2) is 11.6 Å². The van der Waals surface area contributed by atoms with E-state index >= 15 is 17.6 Å². The molecule has 5 rings (SSSR count). The molecular formula is C30H23F8NO4. The molecule has 0 unspecified atom stereocenters. The molecule has 0 aliphatic carbocycles. The fraction of sp³-hybridized carbons (Fsp3) is 0.333. The minimum absolute atomic E-state index is 0.0616. The van der Waals surface area contributed by atoms with Crippen molar-refractivity contribution in [2.24, 2.45) is 0 Å². The summed E-state index contributed by atoms with van der Waals surface area (Å²) in [6.07, 6.45) is -11.2. The number of methoxy groups -OCH3 is 1. The molecule has 43 heavy (non-hydrogen) atoms. The van der Waals surface area contributed by atoms with E-state index in [9.17, 15) is 27.2 Å². The third-order valence-electron chi connectivity index (χ3n) is 7.70. The third-order valence-corrected chi connectivity index (χ3v) is 7.70. The number of hydrogen-bond donors (Lipinski definition) is 0. The lowest BCUT2D eigenvalue weighted by Gasteiger charge is -2.28. The molecule has 5 nitrogen and oxygen atoms in total. The van der Waals surface area contributed by atoms with Crippen LogP contribution in [0.2, 0.25) is 0 Å². The van der Waals surface area contributed by atoms with Crippen LogP contribution in [0.5, 0.6) is 5.75 Å². The van der Waals surface area contributed by atoms with Gasteiger partial charge in [-0.3, -0.25) is 9.59 Å². The van der Waals surface area contributed by atoms with Crippen molar-refractivity contribution in [3.05, 3.63) is 86.5 Å². The van der Waals surface area contributed by atoms with Crippen LogP contribution >= 0.6 is 0 Å². The summed E-state index contributed by atoms with van der Waals surface area (Å²) in [6, 6.07) is 4.88. The predicted molar refractivity (Wildman–Crippen MR) is 136 cm³/mol. The van der Waals surface area contributed by atoms with Crippen molar-refractivity contribution in [1.82, 2.24) is 4.90 Å². The molecule has 0 spiro atoms. The Morgan fingerprint density at radius 2 is 1.60 bits per heavy atom. The fourth-order valence-corrected chi connectivity index (χ4v) is 5.91. The quantitative estimate of drug-likeness (QED) is 0.231. The zero-order chi connectivity index (χ0) is 31.4. The topological polar surface area (TPSA) is 55.8 Å². The first-order chi connectivity index (χ1) is 20.1. The standard InChI is InChI=1S/C30H23F8NO4/c1-14-17-7-4-8-43-27(17)22(32)10-18(14)24-19(11-23(40)42-2)25(29(33,34)35)20-12-39(13-21(20)26(24)30(36,37)38)28(41)15-5-3-6-16(31)9-15/h3,5-6,9-10H,4,7-8,11-13H2,1-2H3. The summed E-state index contributed by atoms with van der Waals surface area (Å²) in [4.78, 5) is 26.3. The number of halogens is 8. The summed E-state index contributed by atoms with van der Waals surface area (Å²) in [7, 11) is 0.869. The molecule has 0 radical (unpaired) electrons. The van der Waals surface area contributed by atoms with Gasteiger partial charge in [0.25, 0.3) is 5.91 Å². The maximum absolute atomic E-state index is 15.3. The molecule has 13 heteroatoms. The third kappa shape index (κ3) is 5.40. The number of amides is 1. The van der Waals surface area contributed by atoms with E-state index in [1.54, 1.807) is 0 Å². The number of benzene rings is 3. The maximum Gasteiger partial charge on any atom is 0.417 e. The van der Waals surface area contributed by atoms with E-state index in [1.165, 1.54) is 19.1 Å². The highest BCUT2D eigenvalue weighted by Gasteiger charge is 2.49. The summed E-state index contributed by atoms with van der Waals surface area (Å²) in [5.41, 5.74) is -7.34. The van der Waals surface area contributed by atoms with E-state index in [2.05, 4.69) is 4.74 Å². The number of rotatable bonds is 4. The SMILES string of the molecule is COC(=O)Cc1c(-c2cc(F)c3c(c2C)CCCO3)c(C(F)(F)F)c2c(c1C(F)(F)F)CN(C(=O)c1cccc(F)c1)C2. The molecular weight excluding hydrogens is 590 g/mol. The first-order valence-corrected chi connectivity index (χ1v) is 13.0. The Balaban J connectivity index is 1.86. The van der Waals surface area contributed by atoms with Crippen LogP contribution in [-0.4, -0.2) is 30.5 Å². The van der Waals surface area contributed by atoms with Crippen LogP contribution < -0.4 is 4.74 Å². The second-order valence-corrected chi connectivity index (χ2v) is 10.3. The number of alkyl halides is 6. The van der Waals surface area contributed by atoms with Crippen molar-refractivity contribution >= 4 is 11.9 Å². The molecule has 1 amide bonds. The normalized spacial score (nSPS) is 14.7. The van der Waals surface area contributed by atoms with E-state index in [0.29, 0.717) is 12.5 Å². The van der Waals surface area contributed by atoms with Gasteiger partial charge in [-0.1, -0.05) is 6.07 Å². The largest absolute Gasteiger partial charge is 0.490 e. The lowest BCUT2D eigenvalue weighted by atomic mass is 9.80. The van der Waals surface area contributed by atoms with Gasteiger partial charge >= 0.3 is 18.3 Å². The van der Waals surface area contributed by atoms with E-state index in [0.717, 1.165) is 24.1 Å². The Bertz CT molecular complexity index is 1650. The Kier molecular flexibility index (Phi) is 7.64. The molecule has 0 N–H and O–H groups in total. The van der Waals surface area contributed by atoms with Crippen molar-refractivity contribution in [1.29, 1.82) is 0 Å². The van der Waals surface area contributed by atoms with E-state index in [1.807, 2.05) is 0 Å². The number of hydrogen-bond acceptors (Lipinski definition) is 4. The highest BCUT2D eigenvalue weighted by atomic mass is 19.4. The van der Waals surface area contributed by atoms with Gasteiger partial charge in [-0.2, -0.15) is 26.3 Å². The molecule has 228 valence electrons. The van der Waals surface area contributed by atoms with Gasteiger partial charge in [-0.05, 0) is 77.4 Å². The van der Waals surface area contributed by atoms with Crippen molar-refractivity contribution in [3.63, 3.8) is 0 Å². The van der Waals surface area contributed by atoms with Gasteiger partial charge in [0.05, 0.1) is 31.3 Å². The summed E-state index contributed by atoms with van der Waals surface area (Å²) in [5.74, 6) is -4.35. The van der Waals surface area contributed by atoms with Crippen LogP contribution in [0, 0.1) is 18.6 Å². The van der Waals surface area contributed by atoms with Crippen LogP contribution in [0.15, 0.2) is 30.3 Å². The first-order valence-electron chi connectivity index (χ1n) is 13.0. The summed E-state index contributed by atoms with van der Waals surface area (Å²) in [6.45, 7) is -0.299. The second-order valence-electron chi connectivity index (χ2n) is 10.3. The van der Waals surface area contributed by atoms with Crippen LogP contribution in [-0.2, 0) is 47.8 Å². The predicted octanol–water partition coefficient (Wildman–Crippen LogP) is 7.17. The van der Waals surface area contributed by atoms with Gasteiger partial charge in [-0.25, -0.2) is 8.78 Å². The monoisotopic (exact) mass is 613 g/mol. The van der Waals surface area contributed by atoms with Crippen molar-refractivity contribution in [2.45, 2.75) is 51.6 Å². The minimum atomic E-state index is -5.30. The molecule has 0 fully saturated rings. The van der Waals surface area contributed by atoms with Gasteiger partial charge in [0, 0.05) is 24.2 Å². The van der Waals surface area contributed by atoms with Crippen LogP contribution in [0.3, 0.4) is 0 Å². The number of fused-ring (bicyclic) bond motifs is 2. The average molecular weight is 614 g/mol. The van der Waals surface area contributed by atoms with Gasteiger partial charge in [-0.15, -0.1) is 0 Å². The Hall–Kier alpha value is -4.16. The molecule has 2 aliphatic heterocycles. The maximum atomic E-state index is 15.3. The molecule has 0 saturated heterocycles. The van der Waals surface area contributed by atoms with Gasteiger partial charge in [0.1, 0.15) is 5.82 Å². The van der Waals surface area contributed by atoms with E-state index in [4.69, 9.17) is 4.74 Å². The highest BCUT2D eigenvalue weighted by Crippen LogP contribution is 2.52. The number of carbonyl (C=O) groups excluding carboxylic acids is 2. The lowest BCUT2D eigenvalue weighted by Crippen LogP contribution is -2.26. The minimum Gasteiger partial charge on any atom is -0.490 e. The summed E-state index contributed by atoms with van der Waals surface area (Å²) < 4.78 is 129. The molecule has 0 aromatic heterocycles. The fourth-order valence-electron chi connectivity index (χ4n) is 5.91. The zero-order valence-corrected chi connectivity index (χ0v) is 22.7. The number of esters is 1. The number of ether oxygens (including phenoxy) is 2. The van der Waals surface area contributed by atoms with Crippen LogP contribution in [0.4, 0.5) is 35.1 Å². The Morgan fingerprint density at radius 1 is 0.953 bits per heavy atom.